The Kier molecular flexibility index (Phi) is 4.94. The SMILES string of the molecule is CC(C)c1ccc(CN2CCN(c3cc(=O)n4ccccc4n3)CC2)cc1. The molecule has 0 atom stereocenters. The number of pyridine rings is 1. The summed E-state index contributed by atoms with van der Waals surface area (Å²) in [6.45, 7) is 9.14. The van der Waals surface area contributed by atoms with Crippen LogP contribution in [0.1, 0.15) is 30.9 Å². The summed E-state index contributed by atoms with van der Waals surface area (Å²) in [5.41, 5.74) is 3.42. The van der Waals surface area contributed by atoms with E-state index in [2.05, 4.69) is 52.9 Å². The van der Waals surface area contributed by atoms with Crippen LogP contribution in [-0.4, -0.2) is 40.5 Å². The molecule has 1 aliphatic heterocycles. The molecule has 0 bridgehead atoms. The lowest BCUT2D eigenvalue weighted by Gasteiger charge is -2.35. The minimum atomic E-state index is -0.0247. The summed E-state index contributed by atoms with van der Waals surface area (Å²) in [5.74, 6) is 1.35. The lowest BCUT2D eigenvalue weighted by atomic mass is 10.0. The van der Waals surface area contributed by atoms with Crippen molar-refractivity contribution < 1.29 is 0 Å². The van der Waals surface area contributed by atoms with E-state index in [4.69, 9.17) is 0 Å². The van der Waals surface area contributed by atoms with Crippen LogP contribution in [0.2, 0.25) is 0 Å². The summed E-state index contributed by atoms with van der Waals surface area (Å²) in [4.78, 5) is 21.7. The van der Waals surface area contributed by atoms with Crippen LogP contribution in [0.3, 0.4) is 0 Å². The van der Waals surface area contributed by atoms with E-state index in [0.717, 1.165) is 38.5 Å². The number of anilines is 1. The molecule has 0 spiro atoms. The summed E-state index contributed by atoms with van der Waals surface area (Å²) in [6.07, 6.45) is 1.76. The molecule has 2 aromatic heterocycles. The van der Waals surface area contributed by atoms with Crippen LogP contribution in [0.25, 0.3) is 5.65 Å². The van der Waals surface area contributed by atoms with Crippen LogP contribution in [0.5, 0.6) is 0 Å². The monoisotopic (exact) mass is 362 g/mol. The summed E-state index contributed by atoms with van der Waals surface area (Å²) >= 11 is 0. The predicted molar refractivity (Wildman–Crippen MR) is 109 cm³/mol. The summed E-state index contributed by atoms with van der Waals surface area (Å²) in [5, 5.41) is 0. The maximum absolute atomic E-state index is 12.3. The fourth-order valence-corrected chi connectivity index (χ4v) is 3.60. The predicted octanol–water partition coefficient (Wildman–Crippen LogP) is 3.14. The first-order chi connectivity index (χ1) is 13.1. The first-order valence-electron chi connectivity index (χ1n) is 9.65. The Balaban J connectivity index is 1.41. The molecule has 0 unspecified atom stereocenters. The second-order valence-corrected chi connectivity index (χ2v) is 7.54. The van der Waals surface area contributed by atoms with Gasteiger partial charge >= 0.3 is 0 Å². The van der Waals surface area contributed by atoms with Gasteiger partial charge in [-0.25, -0.2) is 4.98 Å². The van der Waals surface area contributed by atoms with Gasteiger partial charge < -0.3 is 4.90 Å². The van der Waals surface area contributed by atoms with Crippen LogP contribution in [0.15, 0.2) is 59.5 Å². The second-order valence-electron chi connectivity index (χ2n) is 7.54. The number of nitrogens with zero attached hydrogens (tertiary/aromatic N) is 4. The van der Waals surface area contributed by atoms with E-state index < -0.39 is 0 Å². The number of rotatable bonds is 4. The van der Waals surface area contributed by atoms with Gasteiger partial charge in [0.25, 0.3) is 5.56 Å². The molecule has 3 heterocycles. The van der Waals surface area contributed by atoms with Crippen LogP contribution in [0, 0.1) is 0 Å². The number of benzene rings is 1. The Morgan fingerprint density at radius 2 is 1.74 bits per heavy atom. The smallest absolute Gasteiger partial charge is 0.259 e. The topological polar surface area (TPSA) is 40.9 Å². The van der Waals surface area contributed by atoms with Crippen LogP contribution in [-0.2, 0) is 6.54 Å². The lowest BCUT2D eigenvalue weighted by Crippen LogP contribution is -2.46. The van der Waals surface area contributed by atoms with E-state index >= 15 is 0 Å². The third-order valence-electron chi connectivity index (χ3n) is 5.31. The van der Waals surface area contributed by atoms with Crippen molar-refractivity contribution in [1.82, 2.24) is 14.3 Å². The molecular weight excluding hydrogens is 336 g/mol. The van der Waals surface area contributed by atoms with Crippen molar-refractivity contribution in [3.05, 3.63) is 76.2 Å². The van der Waals surface area contributed by atoms with Gasteiger partial charge in [-0.3, -0.25) is 14.1 Å². The van der Waals surface area contributed by atoms with Gasteiger partial charge in [0.2, 0.25) is 0 Å². The number of piperazine rings is 1. The minimum absolute atomic E-state index is 0.0247. The Bertz CT molecular complexity index is 970. The third kappa shape index (κ3) is 3.88. The van der Waals surface area contributed by atoms with E-state index in [1.165, 1.54) is 11.1 Å². The summed E-state index contributed by atoms with van der Waals surface area (Å²) < 4.78 is 1.58. The molecule has 27 heavy (non-hydrogen) atoms. The molecule has 0 saturated carbocycles. The highest BCUT2D eigenvalue weighted by molar-refractivity contribution is 5.48. The van der Waals surface area contributed by atoms with Crippen molar-refractivity contribution in [2.75, 3.05) is 31.1 Å². The van der Waals surface area contributed by atoms with Gasteiger partial charge in [-0.1, -0.05) is 44.2 Å². The van der Waals surface area contributed by atoms with Crippen LogP contribution >= 0.6 is 0 Å². The summed E-state index contributed by atoms with van der Waals surface area (Å²) in [6, 6.07) is 16.2. The molecule has 1 saturated heterocycles. The normalized spacial score (nSPS) is 15.6. The Morgan fingerprint density at radius 3 is 2.44 bits per heavy atom. The zero-order valence-electron chi connectivity index (χ0n) is 16.0. The third-order valence-corrected chi connectivity index (χ3v) is 5.31. The van der Waals surface area contributed by atoms with Gasteiger partial charge in [-0.15, -0.1) is 0 Å². The highest BCUT2D eigenvalue weighted by atomic mass is 16.1. The molecule has 0 aliphatic carbocycles. The van der Waals surface area contributed by atoms with Gasteiger partial charge in [0.15, 0.2) is 0 Å². The van der Waals surface area contributed by atoms with Crippen molar-refractivity contribution >= 4 is 11.5 Å². The molecule has 1 aromatic carbocycles. The number of aromatic nitrogens is 2. The van der Waals surface area contributed by atoms with Gasteiger partial charge in [0, 0.05) is 45.0 Å². The van der Waals surface area contributed by atoms with Crippen molar-refractivity contribution in [3.63, 3.8) is 0 Å². The second kappa shape index (κ2) is 7.53. The zero-order valence-corrected chi connectivity index (χ0v) is 16.0. The first kappa shape index (κ1) is 17.7. The minimum Gasteiger partial charge on any atom is -0.354 e. The van der Waals surface area contributed by atoms with E-state index in [9.17, 15) is 4.79 Å². The molecule has 5 heteroatoms. The molecular formula is C22H26N4O. The first-order valence-corrected chi connectivity index (χ1v) is 9.65. The molecule has 3 aromatic rings. The molecule has 0 amide bonds. The van der Waals surface area contributed by atoms with Crippen molar-refractivity contribution in [2.24, 2.45) is 0 Å². The van der Waals surface area contributed by atoms with Crippen LogP contribution < -0.4 is 10.5 Å². The molecule has 0 radical (unpaired) electrons. The van der Waals surface area contributed by atoms with Gasteiger partial charge in [-0.2, -0.15) is 0 Å². The maximum Gasteiger partial charge on any atom is 0.259 e. The quantitative estimate of drug-likeness (QED) is 0.715. The maximum atomic E-state index is 12.3. The van der Waals surface area contributed by atoms with E-state index in [1.54, 1.807) is 16.7 Å². The molecule has 1 aliphatic rings. The lowest BCUT2D eigenvalue weighted by molar-refractivity contribution is 0.249. The van der Waals surface area contributed by atoms with Crippen molar-refractivity contribution in [3.8, 4) is 0 Å². The molecule has 4 rings (SSSR count). The van der Waals surface area contributed by atoms with Crippen molar-refractivity contribution in [2.45, 2.75) is 26.3 Å². The average molecular weight is 362 g/mol. The Labute approximate surface area is 159 Å². The molecule has 1 fully saturated rings. The van der Waals surface area contributed by atoms with E-state index in [1.807, 2.05) is 18.2 Å². The van der Waals surface area contributed by atoms with Crippen LogP contribution in [0.4, 0.5) is 5.82 Å². The fraction of sp³-hybridized carbons (Fsp3) is 0.364. The molecule has 5 nitrogen and oxygen atoms in total. The van der Waals surface area contributed by atoms with Gasteiger partial charge in [0.05, 0.1) is 0 Å². The highest BCUT2D eigenvalue weighted by Gasteiger charge is 2.19. The highest BCUT2D eigenvalue weighted by Crippen LogP contribution is 2.17. The van der Waals surface area contributed by atoms with Crippen molar-refractivity contribution in [1.29, 1.82) is 0 Å². The number of fused-ring (bicyclic) bond motifs is 1. The number of hydrogen-bond acceptors (Lipinski definition) is 4. The standard InChI is InChI=1S/C22H26N4O/c1-17(2)19-8-6-18(7-9-19)16-24-11-13-25(14-12-24)21-15-22(27)26-10-4-3-5-20(26)23-21/h3-10,15,17H,11-14,16H2,1-2H3. The Hall–Kier alpha value is -2.66. The Morgan fingerprint density at radius 1 is 1.00 bits per heavy atom. The van der Waals surface area contributed by atoms with Gasteiger partial charge in [-0.05, 0) is 29.2 Å². The molecule has 0 N–H and O–H groups in total. The van der Waals surface area contributed by atoms with E-state index in [-0.39, 0.29) is 5.56 Å². The molecule has 140 valence electrons. The fourth-order valence-electron chi connectivity index (χ4n) is 3.60. The van der Waals surface area contributed by atoms with Gasteiger partial charge in [0.1, 0.15) is 11.5 Å². The summed E-state index contributed by atoms with van der Waals surface area (Å²) in [7, 11) is 0. The average Bonchev–Trinajstić information content (AvgIpc) is 2.69. The largest absolute Gasteiger partial charge is 0.354 e. The zero-order chi connectivity index (χ0) is 18.8. The van der Waals surface area contributed by atoms with E-state index in [0.29, 0.717) is 11.6 Å². The number of hydrogen-bond donors (Lipinski definition) is 0.